The molecule has 3 unspecified atom stereocenters. The van der Waals surface area contributed by atoms with E-state index in [1.807, 2.05) is 0 Å². The number of nitrogens with one attached hydrogen (secondary N) is 1. The second kappa shape index (κ2) is 3.91. The van der Waals surface area contributed by atoms with Gasteiger partial charge in [-0.2, -0.15) is 0 Å². The summed E-state index contributed by atoms with van der Waals surface area (Å²) in [5, 5.41) is 3.09. The van der Waals surface area contributed by atoms with E-state index in [4.69, 9.17) is 4.42 Å². The Balaban J connectivity index is 1.65. The standard InChI is InChI=1S/C12H14BrNO2/c13-11-4-3-10(16-11)12(15)14-9-6-7-1-2-8(9)5-7/h3-4,7-9H,1-2,5-6H2,(H,14,15). The quantitative estimate of drug-likeness (QED) is 0.907. The maximum Gasteiger partial charge on any atom is 0.287 e. The zero-order valence-electron chi connectivity index (χ0n) is 8.91. The van der Waals surface area contributed by atoms with Gasteiger partial charge in [0.25, 0.3) is 5.91 Å². The second-order valence-corrected chi connectivity index (χ2v) is 5.64. The van der Waals surface area contributed by atoms with Crippen molar-refractivity contribution >= 4 is 21.8 Å². The SMILES string of the molecule is O=C(NC1CC2CCC1C2)c1ccc(Br)o1. The van der Waals surface area contributed by atoms with Crippen LogP contribution in [0.4, 0.5) is 0 Å². The van der Waals surface area contributed by atoms with Gasteiger partial charge in [0.2, 0.25) is 0 Å². The minimum absolute atomic E-state index is 0.0803. The van der Waals surface area contributed by atoms with Gasteiger partial charge >= 0.3 is 0 Å². The van der Waals surface area contributed by atoms with Crippen molar-refractivity contribution in [3.8, 4) is 0 Å². The maximum atomic E-state index is 11.9. The summed E-state index contributed by atoms with van der Waals surface area (Å²) in [7, 11) is 0. The van der Waals surface area contributed by atoms with E-state index in [2.05, 4.69) is 21.2 Å². The van der Waals surface area contributed by atoms with Crippen molar-refractivity contribution in [1.29, 1.82) is 0 Å². The molecule has 3 atom stereocenters. The van der Waals surface area contributed by atoms with Gasteiger partial charge in [0.15, 0.2) is 10.4 Å². The Morgan fingerprint density at radius 3 is 2.81 bits per heavy atom. The molecule has 1 aromatic heterocycles. The lowest BCUT2D eigenvalue weighted by molar-refractivity contribution is 0.0893. The van der Waals surface area contributed by atoms with Gasteiger partial charge in [0.1, 0.15) is 0 Å². The largest absolute Gasteiger partial charge is 0.444 e. The van der Waals surface area contributed by atoms with E-state index in [1.54, 1.807) is 12.1 Å². The molecule has 2 saturated carbocycles. The third-order valence-corrected chi connectivity index (χ3v) is 4.28. The molecule has 1 heterocycles. The fourth-order valence-corrected chi connectivity index (χ4v) is 3.40. The molecular weight excluding hydrogens is 270 g/mol. The zero-order valence-corrected chi connectivity index (χ0v) is 10.5. The zero-order chi connectivity index (χ0) is 11.1. The second-order valence-electron chi connectivity index (χ2n) is 4.86. The van der Waals surface area contributed by atoms with Crippen LogP contribution in [0.3, 0.4) is 0 Å². The number of halogens is 1. The van der Waals surface area contributed by atoms with Crippen LogP contribution < -0.4 is 5.32 Å². The van der Waals surface area contributed by atoms with E-state index in [-0.39, 0.29) is 5.91 Å². The van der Waals surface area contributed by atoms with Crippen LogP contribution in [0, 0.1) is 11.8 Å². The van der Waals surface area contributed by atoms with Gasteiger partial charge in [-0.15, -0.1) is 0 Å². The highest BCUT2D eigenvalue weighted by Gasteiger charge is 2.40. The van der Waals surface area contributed by atoms with E-state index in [0.29, 0.717) is 22.4 Å². The van der Waals surface area contributed by atoms with Crippen molar-refractivity contribution < 1.29 is 9.21 Å². The van der Waals surface area contributed by atoms with Crippen LogP contribution in [0.25, 0.3) is 0 Å². The van der Waals surface area contributed by atoms with Gasteiger partial charge in [-0.3, -0.25) is 4.79 Å². The first kappa shape index (κ1) is 10.4. The van der Waals surface area contributed by atoms with Gasteiger partial charge in [0.05, 0.1) is 0 Å². The Kier molecular flexibility index (Phi) is 2.54. The molecule has 1 aromatic rings. The summed E-state index contributed by atoms with van der Waals surface area (Å²) in [6, 6.07) is 3.82. The Morgan fingerprint density at radius 1 is 1.38 bits per heavy atom. The van der Waals surface area contributed by atoms with Gasteiger partial charge in [-0.1, -0.05) is 6.42 Å². The fourth-order valence-electron chi connectivity index (χ4n) is 3.10. The van der Waals surface area contributed by atoms with Crippen molar-refractivity contribution in [2.45, 2.75) is 31.7 Å². The lowest BCUT2D eigenvalue weighted by atomic mass is 9.95. The average Bonchev–Trinajstić information content (AvgIpc) is 2.92. The first-order valence-electron chi connectivity index (χ1n) is 5.78. The number of hydrogen-bond donors (Lipinski definition) is 1. The molecule has 86 valence electrons. The summed E-state index contributed by atoms with van der Waals surface area (Å²) >= 11 is 3.20. The van der Waals surface area contributed by atoms with Gasteiger partial charge in [0, 0.05) is 6.04 Å². The highest BCUT2D eigenvalue weighted by molar-refractivity contribution is 9.10. The van der Waals surface area contributed by atoms with Crippen molar-refractivity contribution in [3.63, 3.8) is 0 Å². The molecule has 4 heteroatoms. The predicted octanol–water partition coefficient (Wildman–Crippen LogP) is 2.96. The lowest BCUT2D eigenvalue weighted by Gasteiger charge is -2.22. The van der Waals surface area contributed by atoms with Crippen LogP contribution in [0.2, 0.25) is 0 Å². The maximum absolute atomic E-state index is 11.9. The molecule has 3 rings (SSSR count). The summed E-state index contributed by atoms with van der Waals surface area (Å²) in [5.41, 5.74) is 0. The molecule has 2 fully saturated rings. The molecule has 16 heavy (non-hydrogen) atoms. The number of rotatable bonds is 2. The number of fused-ring (bicyclic) bond motifs is 2. The molecular formula is C12H14BrNO2. The highest BCUT2D eigenvalue weighted by Crippen LogP contribution is 2.44. The average molecular weight is 284 g/mol. The lowest BCUT2D eigenvalue weighted by Crippen LogP contribution is -2.38. The first-order chi connectivity index (χ1) is 7.72. The van der Waals surface area contributed by atoms with Crippen LogP contribution in [0.5, 0.6) is 0 Å². The molecule has 2 bridgehead atoms. The summed E-state index contributed by atoms with van der Waals surface area (Å²) in [4.78, 5) is 11.9. The van der Waals surface area contributed by atoms with Crippen LogP contribution in [0.15, 0.2) is 21.2 Å². The number of carbonyl (C=O) groups excluding carboxylic acids is 1. The van der Waals surface area contributed by atoms with Crippen LogP contribution in [-0.2, 0) is 0 Å². The van der Waals surface area contributed by atoms with E-state index < -0.39 is 0 Å². The molecule has 0 aliphatic heterocycles. The van der Waals surface area contributed by atoms with Crippen molar-refractivity contribution in [2.75, 3.05) is 0 Å². The summed E-state index contributed by atoms with van der Waals surface area (Å²) in [6.07, 6.45) is 5.08. The van der Waals surface area contributed by atoms with Crippen LogP contribution >= 0.6 is 15.9 Å². The van der Waals surface area contributed by atoms with E-state index >= 15 is 0 Å². The van der Waals surface area contributed by atoms with E-state index in [1.165, 1.54) is 19.3 Å². The van der Waals surface area contributed by atoms with Crippen molar-refractivity contribution in [2.24, 2.45) is 11.8 Å². The fraction of sp³-hybridized carbons (Fsp3) is 0.583. The van der Waals surface area contributed by atoms with Crippen molar-refractivity contribution in [3.05, 3.63) is 22.6 Å². The minimum atomic E-state index is -0.0803. The van der Waals surface area contributed by atoms with Crippen LogP contribution in [0.1, 0.15) is 36.2 Å². The predicted molar refractivity (Wildman–Crippen MR) is 63.1 cm³/mol. The van der Waals surface area contributed by atoms with Gasteiger partial charge in [-0.25, -0.2) is 0 Å². The van der Waals surface area contributed by atoms with E-state index in [0.717, 1.165) is 12.3 Å². The monoisotopic (exact) mass is 283 g/mol. The molecule has 0 saturated heterocycles. The van der Waals surface area contributed by atoms with Gasteiger partial charge in [-0.05, 0) is 59.2 Å². The third kappa shape index (κ3) is 1.79. The van der Waals surface area contributed by atoms with Crippen LogP contribution in [-0.4, -0.2) is 11.9 Å². The first-order valence-corrected chi connectivity index (χ1v) is 6.58. The topological polar surface area (TPSA) is 42.2 Å². The normalized spacial score (nSPS) is 31.9. The number of hydrogen-bond acceptors (Lipinski definition) is 2. The number of furan rings is 1. The Hall–Kier alpha value is -0.770. The molecule has 1 N–H and O–H groups in total. The van der Waals surface area contributed by atoms with Gasteiger partial charge < -0.3 is 9.73 Å². The highest BCUT2D eigenvalue weighted by atomic mass is 79.9. The molecule has 0 aromatic carbocycles. The molecule has 2 aliphatic carbocycles. The van der Waals surface area contributed by atoms with Crippen molar-refractivity contribution in [1.82, 2.24) is 5.32 Å². The summed E-state index contributed by atoms with van der Waals surface area (Å²) in [6.45, 7) is 0. The smallest absolute Gasteiger partial charge is 0.287 e. The molecule has 1 amide bonds. The molecule has 3 nitrogen and oxygen atoms in total. The summed E-state index contributed by atoms with van der Waals surface area (Å²) in [5.74, 6) is 1.86. The molecule has 2 aliphatic rings. The Bertz CT molecular complexity index is 415. The van der Waals surface area contributed by atoms with E-state index in [9.17, 15) is 4.79 Å². The minimum Gasteiger partial charge on any atom is -0.444 e. The Morgan fingerprint density at radius 2 is 2.25 bits per heavy atom. The third-order valence-electron chi connectivity index (χ3n) is 3.85. The number of carbonyl (C=O) groups is 1. The number of amides is 1. The molecule has 0 spiro atoms. The summed E-state index contributed by atoms with van der Waals surface area (Å²) < 4.78 is 5.84. The Labute approximate surface area is 103 Å². The molecule has 0 radical (unpaired) electrons.